The maximum atomic E-state index is 4.62. The van der Waals surface area contributed by atoms with Gasteiger partial charge in [-0.25, -0.2) is 0 Å². The van der Waals surface area contributed by atoms with E-state index in [4.69, 9.17) is 0 Å². The molecule has 58 heavy (non-hydrogen) atoms. The lowest BCUT2D eigenvalue weighted by Crippen LogP contribution is -2.14. The Kier molecular flexibility index (Phi) is 8.68. The molecule has 0 spiro atoms. The van der Waals surface area contributed by atoms with Gasteiger partial charge in [0.25, 0.3) is 0 Å². The number of aryl methyl sites for hydroxylation is 4. The van der Waals surface area contributed by atoms with Gasteiger partial charge in [0.05, 0.1) is 34.1 Å². The molecule has 0 bridgehead atoms. The number of benzene rings is 8. The Morgan fingerprint density at radius 3 is 1.09 bits per heavy atom. The normalized spacial score (nSPS) is 11.4. The summed E-state index contributed by atoms with van der Waals surface area (Å²) >= 11 is 0. The molecule has 10 rings (SSSR count). The molecule has 4 nitrogen and oxygen atoms in total. The molecule has 0 aliphatic heterocycles. The summed E-state index contributed by atoms with van der Waals surface area (Å²) in [5.74, 6) is 0. The topological polar surface area (TPSA) is 32.3 Å². The SMILES string of the molecule is Cc1cccc(C)c1N(c1ccc(-c2ccccn2)cc1)c1ccc2ccc3c(N(c4ccc(-c5ccccn5)cc4)c4c(C)cccc4C)ccc4ccc1c2c43. The van der Waals surface area contributed by atoms with Gasteiger partial charge < -0.3 is 9.80 Å². The molecule has 0 atom stereocenters. The monoisotopic (exact) mass is 746 g/mol. The predicted molar refractivity (Wildman–Crippen MR) is 245 cm³/mol. The van der Waals surface area contributed by atoms with Crippen LogP contribution in [0, 0.1) is 27.7 Å². The molecule has 4 heteroatoms. The van der Waals surface area contributed by atoms with Crippen molar-refractivity contribution in [3.63, 3.8) is 0 Å². The lowest BCUT2D eigenvalue weighted by molar-refractivity contribution is 1.22. The highest BCUT2D eigenvalue weighted by Gasteiger charge is 2.24. The van der Waals surface area contributed by atoms with Crippen LogP contribution in [-0.4, -0.2) is 9.97 Å². The van der Waals surface area contributed by atoms with Crippen molar-refractivity contribution in [3.8, 4) is 22.5 Å². The molecule has 0 aliphatic carbocycles. The van der Waals surface area contributed by atoms with Crippen molar-refractivity contribution < 1.29 is 0 Å². The van der Waals surface area contributed by atoms with E-state index in [-0.39, 0.29) is 0 Å². The van der Waals surface area contributed by atoms with Crippen molar-refractivity contribution in [1.29, 1.82) is 0 Å². The fraction of sp³-hybridized carbons (Fsp3) is 0.0741. The van der Waals surface area contributed by atoms with Gasteiger partial charge in [-0.1, -0.05) is 109 Å². The molecular formula is C54H42N4. The van der Waals surface area contributed by atoms with Gasteiger partial charge in [-0.15, -0.1) is 0 Å². The predicted octanol–water partition coefficient (Wildman–Crippen LogP) is 14.9. The van der Waals surface area contributed by atoms with Crippen molar-refractivity contribution in [3.05, 3.63) is 205 Å². The van der Waals surface area contributed by atoms with Crippen molar-refractivity contribution in [1.82, 2.24) is 9.97 Å². The van der Waals surface area contributed by atoms with Gasteiger partial charge in [-0.2, -0.15) is 0 Å². The van der Waals surface area contributed by atoms with E-state index in [0.717, 1.165) is 45.3 Å². The fourth-order valence-electron chi connectivity index (χ4n) is 8.88. The molecule has 0 N–H and O–H groups in total. The maximum Gasteiger partial charge on any atom is 0.0701 e. The van der Waals surface area contributed by atoms with E-state index in [1.165, 1.54) is 65.9 Å². The van der Waals surface area contributed by atoms with Crippen molar-refractivity contribution >= 4 is 66.4 Å². The van der Waals surface area contributed by atoms with Gasteiger partial charge in [0.2, 0.25) is 0 Å². The minimum Gasteiger partial charge on any atom is -0.309 e. The molecular weight excluding hydrogens is 705 g/mol. The van der Waals surface area contributed by atoms with E-state index in [2.05, 4.69) is 193 Å². The Morgan fingerprint density at radius 1 is 0.345 bits per heavy atom. The first-order valence-corrected chi connectivity index (χ1v) is 19.9. The Bertz CT molecular complexity index is 2830. The first-order valence-electron chi connectivity index (χ1n) is 19.9. The molecule has 2 heterocycles. The zero-order valence-corrected chi connectivity index (χ0v) is 33.1. The number of hydrogen-bond acceptors (Lipinski definition) is 4. The maximum absolute atomic E-state index is 4.62. The van der Waals surface area contributed by atoms with Crippen LogP contribution in [0.1, 0.15) is 22.3 Å². The molecule has 0 amide bonds. The standard InChI is InChI=1S/C54H42N4/c1-35-11-9-12-36(2)53(35)57(43-25-17-39(18-26-43)47-15-5-7-33-55-47)49-31-23-41-22-30-46-50(32-24-42-21-29-45(49)51(41)52(42)46)58(54-37(3)13-10-14-38(54)4)44-27-19-40(20-28-44)48-16-6-8-34-56-48/h5-34H,1-4H3. The second-order valence-corrected chi connectivity index (χ2v) is 15.3. The molecule has 0 saturated carbocycles. The molecule has 0 radical (unpaired) electrons. The van der Waals surface area contributed by atoms with Gasteiger partial charge in [0.1, 0.15) is 0 Å². The van der Waals surface area contributed by atoms with Gasteiger partial charge in [-0.3, -0.25) is 9.97 Å². The van der Waals surface area contributed by atoms with Crippen LogP contribution in [0.25, 0.3) is 54.8 Å². The third-order valence-electron chi connectivity index (χ3n) is 11.6. The van der Waals surface area contributed by atoms with Crippen LogP contribution < -0.4 is 9.80 Å². The third kappa shape index (κ3) is 5.93. The Morgan fingerprint density at radius 2 is 0.724 bits per heavy atom. The lowest BCUT2D eigenvalue weighted by Gasteiger charge is -2.31. The van der Waals surface area contributed by atoms with Crippen LogP contribution in [0.15, 0.2) is 182 Å². The Balaban J connectivity index is 1.19. The Hall–Kier alpha value is -7.30. The first kappa shape index (κ1) is 35.1. The second kappa shape index (κ2) is 14.3. The summed E-state index contributed by atoms with van der Waals surface area (Å²) in [6.45, 7) is 8.85. The van der Waals surface area contributed by atoms with Crippen molar-refractivity contribution in [2.45, 2.75) is 27.7 Å². The highest BCUT2D eigenvalue weighted by atomic mass is 15.2. The average molecular weight is 747 g/mol. The molecule has 8 aromatic carbocycles. The van der Waals surface area contributed by atoms with E-state index in [9.17, 15) is 0 Å². The minimum atomic E-state index is 0.963. The van der Waals surface area contributed by atoms with Crippen molar-refractivity contribution in [2.75, 3.05) is 9.80 Å². The fourth-order valence-corrected chi connectivity index (χ4v) is 8.88. The third-order valence-corrected chi connectivity index (χ3v) is 11.6. The summed E-state index contributed by atoms with van der Waals surface area (Å²) in [6.07, 6.45) is 3.70. The van der Waals surface area contributed by atoms with Crippen LogP contribution in [0.4, 0.5) is 34.1 Å². The van der Waals surface area contributed by atoms with Gasteiger partial charge >= 0.3 is 0 Å². The van der Waals surface area contributed by atoms with E-state index >= 15 is 0 Å². The van der Waals surface area contributed by atoms with Crippen LogP contribution in [0.3, 0.4) is 0 Å². The molecule has 0 aliphatic rings. The minimum absolute atomic E-state index is 0.963. The number of aromatic nitrogens is 2. The van der Waals surface area contributed by atoms with Crippen LogP contribution >= 0.6 is 0 Å². The molecule has 0 unspecified atom stereocenters. The second-order valence-electron chi connectivity index (χ2n) is 15.3. The van der Waals surface area contributed by atoms with E-state index in [0.29, 0.717) is 0 Å². The molecule has 2 aromatic heterocycles. The first-order chi connectivity index (χ1) is 28.4. The van der Waals surface area contributed by atoms with Crippen LogP contribution in [0.2, 0.25) is 0 Å². The summed E-state index contributed by atoms with van der Waals surface area (Å²) in [4.78, 5) is 14.1. The molecule has 10 aromatic rings. The summed E-state index contributed by atoms with van der Waals surface area (Å²) in [6, 6.07) is 61.4. The quantitative estimate of drug-likeness (QED) is 0.145. The lowest BCUT2D eigenvalue weighted by atomic mass is 9.91. The molecule has 0 fully saturated rings. The smallest absolute Gasteiger partial charge is 0.0701 e. The van der Waals surface area contributed by atoms with Crippen molar-refractivity contribution in [2.24, 2.45) is 0 Å². The van der Waals surface area contributed by atoms with Gasteiger partial charge in [0.15, 0.2) is 0 Å². The van der Waals surface area contributed by atoms with E-state index < -0.39 is 0 Å². The molecule has 278 valence electrons. The van der Waals surface area contributed by atoms with E-state index in [1.54, 1.807) is 0 Å². The average Bonchev–Trinajstić information content (AvgIpc) is 3.26. The zero-order chi connectivity index (χ0) is 39.3. The van der Waals surface area contributed by atoms with Crippen LogP contribution in [-0.2, 0) is 0 Å². The Labute approximate surface area is 339 Å². The summed E-state index contributed by atoms with van der Waals surface area (Å²) in [5.41, 5.74) is 15.9. The number of pyridine rings is 2. The highest BCUT2D eigenvalue weighted by molar-refractivity contribution is 6.28. The highest BCUT2D eigenvalue weighted by Crippen LogP contribution is 2.49. The molecule has 0 saturated heterocycles. The summed E-state index contributed by atoms with van der Waals surface area (Å²) in [5, 5.41) is 7.40. The summed E-state index contributed by atoms with van der Waals surface area (Å²) in [7, 11) is 0. The largest absolute Gasteiger partial charge is 0.309 e. The number of rotatable bonds is 8. The van der Waals surface area contributed by atoms with Gasteiger partial charge in [-0.05, 0) is 132 Å². The van der Waals surface area contributed by atoms with E-state index in [1.807, 2.05) is 36.7 Å². The number of anilines is 6. The summed E-state index contributed by atoms with van der Waals surface area (Å²) < 4.78 is 0. The van der Waals surface area contributed by atoms with Gasteiger partial charge in [0, 0.05) is 45.7 Å². The number of hydrogen-bond donors (Lipinski definition) is 0. The number of nitrogens with zero attached hydrogens (tertiary/aromatic N) is 4. The van der Waals surface area contributed by atoms with Crippen LogP contribution in [0.5, 0.6) is 0 Å². The number of para-hydroxylation sites is 2. The zero-order valence-electron chi connectivity index (χ0n) is 33.1.